The van der Waals surface area contributed by atoms with Crippen LogP contribution in [0.2, 0.25) is 0 Å². The first-order valence-electron chi connectivity index (χ1n) is 10.1. The van der Waals surface area contributed by atoms with E-state index in [0.717, 1.165) is 56.5 Å². The molecule has 3 heterocycles. The van der Waals surface area contributed by atoms with Crippen LogP contribution < -0.4 is 4.74 Å². The van der Waals surface area contributed by atoms with Gasteiger partial charge in [0.1, 0.15) is 24.0 Å². The molecule has 6 nitrogen and oxygen atoms in total. The van der Waals surface area contributed by atoms with Crippen molar-refractivity contribution >= 4 is 10.9 Å². The van der Waals surface area contributed by atoms with Crippen LogP contribution in [0.4, 0.5) is 0 Å². The molecule has 1 saturated heterocycles. The minimum absolute atomic E-state index is 0.290. The molecule has 1 aliphatic carbocycles. The molecule has 0 unspecified atom stereocenters. The molecule has 27 heavy (non-hydrogen) atoms. The summed E-state index contributed by atoms with van der Waals surface area (Å²) in [6.07, 6.45) is 9.14. The number of nitrogens with zero attached hydrogens (tertiary/aromatic N) is 5. The first kappa shape index (κ1) is 16.8. The largest absolute Gasteiger partial charge is 0.490 e. The van der Waals surface area contributed by atoms with Crippen LogP contribution in [0, 0.1) is 5.92 Å². The highest BCUT2D eigenvalue weighted by Gasteiger charge is 2.24. The Balaban J connectivity index is 1.22. The number of rotatable bonds is 6. The van der Waals surface area contributed by atoms with Gasteiger partial charge in [-0.3, -0.25) is 4.90 Å². The van der Waals surface area contributed by atoms with Gasteiger partial charge in [-0.1, -0.05) is 6.07 Å². The maximum atomic E-state index is 6.44. The highest BCUT2D eigenvalue weighted by molar-refractivity contribution is 5.86. The molecule has 1 aliphatic heterocycles. The molecule has 142 valence electrons. The molecular weight excluding hydrogens is 338 g/mol. The van der Waals surface area contributed by atoms with Crippen LogP contribution in [0.25, 0.3) is 10.9 Å². The number of hydrogen-bond donors (Lipinski definition) is 0. The zero-order valence-corrected chi connectivity index (χ0v) is 15.9. The third kappa shape index (κ3) is 3.58. The van der Waals surface area contributed by atoms with Crippen molar-refractivity contribution in [1.29, 1.82) is 0 Å². The van der Waals surface area contributed by atoms with Crippen molar-refractivity contribution in [2.45, 2.75) is 44.9 Å². The Hall–Kier alpha value is -2.34. The molecule has 2 fully saturated rings. The molecule has 0 radical (unpaired) electrons. The van der Waals surface area contributed by atoms with E-state index in [1.54, 1.807) is 6.33 Å². The number of hydrogen-bond acceptors (Lipinski definition) is 4. The SMILES string of the molecule is Cn1cnnc1CN1CCC(Oc2cccc3c2ccn3CC2CC2)CC1. The Morgan fingerprint density at radius 1 is 1.11 bits per heavy atom. The van der Waals surface area contributed by atoms with Crippen molar-refractivity contribution < 1.29 is 4.74 Å². The van der Waals surface area contributed by atoms with E-state index in [4.69, 9.17) is 4.74 Å². The number of likely N-dealkylation sites (tertiary alicyclic amines) is 1. The minimum atomic E-state index is 0.290. The van der Waals surface area contributed by atoms with E-state index in [0.29, 0.717) is 0 Å². The van der Waals surface area contributed by atoms with Crippen molar-refractivity contribution in [3.63, 3.8) is 0 Å². The van der Waals surface area contributed by atoms with E-state index in [2.05, 4.69) is 50.1 Å². The van der Waals surface area contributed by atoms with Crippen molar-refractivity contribution in [2.75, 3.05) is 13.1 Å². The molecule has 1 aromatic carbocycles. The monoisotopic (exact) mass is 365 g/mol. The molecule has 6 heteroatoms. The molecule has 2 aliphatic rings. The summed E-state index contributed by atoms with van der Waals surface area (Å²) in [6.45, 7) is 4.09. The van der Waals surface area contributed by atoms with Crippen molar-refractivity contribution in [1.82, 2.24) is 24.2 Å². The number of benzene rings is 1. The summed E-state index contributed by atoms with van der Waals surface area (Å²) in [7, 11) is 2.00. The van der Waals surface area contributed by atoms with Crippen LogP contribution in [0.15, 0.2) is 36.8 Å². The van der Waals surface area contributed by atoms with Crippen molar-refractivity contribution in [2.24, 2.45) is 13.0 Å². The predicted molar refractivity (Wildman–Crippen MR) is 105 cm³/mol. The van der Waals surface area contributed by atoms with E-state index in [1.807, 2.05) is 11.6 Å². The van der Waals surface area contributed by atoms with Crippen molar-refractivity contribution in [3.05, 3.63) is 42.6 Å². The Labute approximate surface area is 159 Å². The number of aromatic nitrogens is 4. The van der Waals surface area contributed by atoms with Gasteiger partial charge in [0.15, 0.2) is 0 Å². The summed E-state index contributed by atoms with van der Waals surface area (Å²) in [5.41, 5.74) is 1.30. The van der Waals surface area contributed by atoms with Crippen LogP contribution in [0.3, 0.4) is 0 Å². The number of ether oxygens (including phenoxy) is 1. The fourth-order valence-electron chi connectivity index (χ4n) is 4.05. The molecular formula is C21H27N5O. The topological polar surface area (TPSA) is 48.1 Å². The maximum Gasteiger partial charge on any atom is 0.146 e. The van der Waals surface area contributed by atoms with Crippen molar-refractivity contribution in [3.8, 4) is 5.75 Å². The standard InChI is InChI=1S/C21H27N5O/c1-24-15-22-23-21(24)14-25-10-7-17(8-11-25)27-20-4-2-3-19-18(20)9-12-26(19)13-16-5-6-16/h2-4,9,12,15-17H,5-8,10-11,13-14H2,1H3. The summed E-state index contributed by atoms with van der Waals surface area (Å²) < 4.78 is 10.8. The summed E-state index contributed by atoms with van der Waals surface area (Å²) >= 11 is 0. The second-order valence-corrected chi connectivity index (χ2v) is 8.05. The van der Waals surface area contributed by atoms with Gasteiger partial charge in [0, 0.05) is 38.3 Å². The predicted octanol–water partition coefficient (Wildman–Crippen LogP) is 3.22. The summed E-state index contributed by atoms with van der Waals surface area (Å²) in [5, 5.41) is 9.42. The lowest BCUT2D eigenvalue weighted by Crippen LogP contribution is -2.38. The molecule has 0 bridgehead atoms. The van der Waals surface area contributed by atoms with Crippen LogP contribution in [-0.4, -0.2) is 43.4 Å². The Bertz CT molecular complexity index is 918. The fourth-order valence-corrected chi connectivity index (χ4v) is 4.05. The summed E-state index contributed by atoms with van der Waals surface area (Å²) in [4.78, 5) is 2.44. The molecule has 3 aromatic rings. The lowest BCUT2D eigenvalue weighted by molar-refractivity contribution is 0.0960. The lowest BCUT2D eigenvalue weighted by Gasteiger charge is -2.31. The molecule has 1 saturated carbocycles. The van der Waals surface area contributed by atoms with E-state index in [-0.39, 0.29) is 6.10 Å². The van der Waals surface area contributed by atoms with Gasteiger partial charge in [-0.15, -0.1) is 10.2 Å². The van der Waals surface area contributed by atoms with Gasteiger partial charge in [-0.25, -0.2) is 0 Å². The lowest BCUT2D eigenvalue weighted by atomic mass is 10.1. The Morgan fingerprint density at radius 2 is 1.96 bits per heavy atom. The average Bonchev–Trinajstić information content (AvgIpc) is 3.27. The molecule has 0 atom stereocenters. The van der Waals surface area contributed by atoms with Gasteiger partial charge < -0.3 is 13.9 Å². The number of fused-ring (bicyclic) bond motifs is 1. The zero-order chi connectivity index (χ0) is 18.2. The third-order valence-electron chi connectivity index (χ3n) is 5.92. The highest BCUT2D eigenvalue weighted by atomic mass is 16.5. The Kier molecular flexibility index (Phi) is 4.36. The van der Waals surface area contributed by atoms with Gasteiger partial charge in [0.25, 0.3) is 0 Å². The molecule has 2 aromatic heterocycles. The van der Waals surface area contributed by atoms with Gasteiger partial charge in [-0.05, 0) is 49.8 Å². The minimum Gasteiger partial charge on any atom is -0.490 e. The fraction of sp³-hybridized carbons (Fsp3) is 0.524. The normalized spacial score (nSPS) is 19.0. The van der Waals surface area contributed by atoms with Gasteiger partial charge in [0.2, 0.25) is 0 Å². The van der Waals surface area contributed by atoms with E-state index in [1.165, 1.54) is 23.7 Å². The summed E-state index contributed by atoms with van der Waals surface area (Å²) in [5.74, 6) is 2.94. The van der Waals surface area contributed by atoms with Crippen LogP contribution >= 0.6 is 0 Å². The van der Waals surface area contributed by atoms with Gasteiger partial charge in [-0.2, -0.15) is 0 Å². The molecule has 5 rings (SSSR count). The van der Waals surface area contributed by atoms with E-state index >= 15 is 0 Å². The second-order valence-electron chi connectivity index (χ2n) is 8.05. The number of piperidine rings is 1. The maximum absolute atomic E-state index is 6.44. The second kappa shape index (κ2) is 7.00. The average molecular weight is 365 g/mol. The molecule has 0 N–H and O–H groups in total. The smallest absolute Gasteiger partial charge is 0.146 e. The van der Waals surface area contributed by atoms with Crippen LogP contribution in [0.5, 0.6) is 5.75 Å². The van der Waals surface area contributed by atoms with Crippen LogP contribution in [0.1, 0.15) is 31.5 Å². The highest BCUT2D eigenvalue weighted by Crippen LogP contribution is 2.34. The summed E-state index contributed by atoms with van der Waals surface area (Å²) in [6, 6.07) is 8.68. The van der Waals surface area contributed by atoms with Gasteiger partial charge in [0.05, 0.1) is 12.1 Å². The first-order chi connectivity index (χ1) is 13.3. The zero-order valence-electron chi connectivity index (χ0n) is 15.9. The number of aryl methyl sites for hydroxylation is 1. The van der Waals surface area contributed by atoms with Crippen LogP contribution in [-0.2, 0) is 20.1 Å². The molecule has 0 spiro atoms. The third-order valence-corrected chi connectivity index (χ3v) is 5.92. The van der Waals surface area contributed by atoms with E-state index in [9.17, 15) is 0 Å². The van der Waals surface area contributed by atoms with Gasteiger partial charge >= 0.3 is 0 Å². The van der Waals surface area contributed by atoms with E-state index < -0.39 is 0 Å². The molecule has 0 amide bonds. The first-order valence-corrected chi connectivity index (χ1v) is 10.1. The Morgan fingerprint density at radius 3 is 2.70 bits per heavy atom. The quantitative estimate of drug-likeness (QED) is 0.673.